The zero-order valence-electron chi connectivity index (χ0n) is 11.7. The average Bonchev–Trinajstić information content (AvgIpc) is 2.43. The molecule has 2 N–H and O–H groups in total. The minimum Gasteiger partial charge on any atom is -0.507 e. The standard InChI is InChI=1S/C15H15BrN2O3/c1-9-5-11(6-10(2)15(9)19)8-17-12-3-4-13(16)14(7-12)18(20)21/h3-7,17,19H,8H2,1-2H3. The molecule has 5 nitrogen and oxygen atoms in total. The summed E-state index contributed by atoms with van der Waals surface area (Å²) >= 11 is 3.16. The van der Waals surface area contributed by atoms with E-state index in [1.165, 1.54) is 6.07 Å². The summed E-state index contributed by atoms with van der Waals surface area (Å²) in [5, 5.41) is 23.8. The molecule has 6 heteroatoms. The van der Waals surface area contributed by atoms with Crippen LogP contribution in [-0.4, -0.2) is 10.0 Å². The maximum atomic E-state index is 10.9. The number of aryl methyl sites for hydroxylation is 2. The van der Waals surface area contributed by atoms with Gasteiger partial charge in [0, 0.05) is 18.3 Å². The van der Waals surface area contributed by atoms with Gasteiger partial charge in [-0.2, -0.15) is 0 Å². The van der Waals surface area contributed by atoms with Gasteiger partial charge in [0.2, 0.25) is 0 Å². The molecule has 2 aromatic rings. The normalized spacial score (nSPS) is 10.4. The number of nitrogens with zero attached hydrogens (tertiary/aromatic N) is 1. The monoisotopic (exact) mass is 350 g/mol. The highest BCUT2D eigenvalue weighted by Crippen LogP contribution is 2.28. The molecule has 0 fully saturated rings. The van der Waals surface area contributed by atoms with Crippen LogP contribution in [0.3, 0.4) is 0 Å². The van der Waals surface area contributed by atoms with Gasteiger partial charge >= 0.3 is 0 Å². The van der Waals surface area contributed by atoms with Gasteiger partial charge in [0.25, 0.3) is 5.69 Å². The first-order valence-electron chi connectivity index (χ1n) is 6.35. The van der Waals surface area contributed by atoms with E-state index >= 15 is 0 Å². The van der Waals surface area contributed by atoms with Gasteiger partial charge in [-0.3, -0.25) is 10.1 Å². The molecule has 0 saturated heterocycles. The van der Waals surface area contributed by atoms with Gasteiger partial charge in [-0.05, 0) is 58.6 Å². The molecular weight excluding hydrogens is 336 g/mol. The van der Waals surface area contributed by atoms with Crippen LogP contribution >= 0.6 is 15.9 Å². The number of aromatic hydroxyl groups is 1. The fraction of sp³-hybridized carbons (Fsp3) is 0.200. The van der Waals surface area contributed by atoms with E-state index in [1.807, 2.05) is 26.0 Å². The summed E-state index contributed by atoms with van der Waals surface area (Å²) in [6.07, 6.45) is 0. The second-order valence-corrected chi connectivity index (χ2v) is 5.71. The van der Waals surface area contributed by atoms with Gasteiger partial charge in [-0.1, -0.05) is 12.1 Å². The number of nitro groups is 1. The molecule has 0 saturated carbocycles. The number of hydrogen-bond acceptors (Lipinski definition) is 4. The first-order valence-corrected chi connectivity index (χ1v) is 7.14. The smallest absolute Gasteiger partial charge is 0.285 e. The molecule has 0 aromatic heterocycles. The third kappa shape index (κ3) is 3.52. The summed E-state index contributed by atoms with van der Waals surface area (Å²) in [6, 6.07) is 8.69. The number of benzene rings is 2. The summed E-state index contributed by atoms with van der Waals surface area (Å²) in [6.45, 7) is 4.22. The molecule has 0 aliphatic heterocycles. The van der Waals surface area contributed by atoms with Crippen LogP contribution in [-0.2, 0) is 6.54 Å². The number of anilines is 1. The first-order chi connectivity index (χ1) is 9.88. The molecule has 2 aromatic carbocycles. The Labute approximate surface area is 130 Å². The van der Waals surface area contributed by atoms with E-state index in [4.69, 9.17) is 0 Å². The Hall–Kier alpha value is -2.08. The molecule has 21 heavy (non-hydrogen) atoms. The Morgan fingerprint density at radius 1 is 1.24 bits per heavy atom. The Morgan fingerprint density at radius 2 is 1.86 bits per heavy atom. The average molecular weight is 351 g/mol. The van der Waals surface area contributed by atoms with Crippen LogP contribution in [0.2, 0.25) is 0 Å². The SMILES string of the molecule is Cc1cc(CNc2ccc(Br)c([N+](=O)[O-])c2)cc(C)c1O. The topological polar surface area (TPSA) is 75.4 Å². The van der Waals surface area contributed by atoms with Gasteiger partial charge in [-0.15, -0.1) is 0 Å². The van der Waals surface area contributed by atoms with Crippen LogP contribution in [0.25, 0.3) is 0 Å². The molecule has 0 radical (unpaired) electrons. The number of rotatable bonds is 4. The Balaban J connectivity index is 2.17. The highest BCUT2D eigenvalue weighted by Gasteiger charge is 2.12. The Morgan fingerprint density at radius 3 is 2.43 bits per heavy atom. The number of hydrogen-bond donors (Lipinski definition) is 2. The third-order valence-corrected chi connectivity index (χ3v) is 3.86. The van der Waals surface area contributed by atoms with Crippen LogP contribution in [0, 0.1) is 24.0 Å². The van der Waals surface area contributed by atoms with Crippen molar-refractivity contribution in [3.8, 4) is 5.75 Å². The predicted molar refractivity (Wildman–Crippen MR) is 85.7 cm³/mol. The van der Waals surface area contributed by atoms with Gasteiger partial charge in [0.15, 0.2) is 0 Å². The van der Waals surface area contributed by atoms with E-state index in [1.54, 1.807) is 12.1 Å². The van der Waals surface area contributed by atoms with Crippen LogP contribution in [0.4, 0.5) is 11.4 Å². The van der Waals surface area contributed by atoms with Crippen LogP contribution in [0.1, 0.15) is 16.7 Å². The van der Waals surface area contributed by atoms with E-state index in [2.05, 4.69) is 21.2 Å². The summed E-state index contributed by atoms with van der Waals surface area (Å²) in [7, 11) is 0. The zero-order valence-corrected chi connectivity index (χ0v) is 13.3. The van der Waals surface area contributed by atoms with Crippen molar-refractivity contribution in [3.05, 3.63) is 61.6 Å². The van der Waals surface area contributed by atoms with E-state index in [-0.39, 0.29) is 5.69 Å². The lowest BCUT2D eigenvalue weighted by atomic mass is 10.1. The molecule has 0 bridgehead atoms. The second kappa shape index (κ2) is 6.13. The van der Waals surface area contributed by atoms with E-state index < -0.39 is 4.92 Å². The second-order valence-electron chi connectivity index (χ2n) is 4.86. The molecule has 0 amide bonds. The molecule has 110 valence electrons. The minimum atomic E-state index is -0.426. The van der Waals surface area contributed by atoms with Gasteiger partial charge in [-0.25, -0.2) is 0 Å². The number of halogens is 1. The van der Waals surface area contributed by atoms with E-state index in [9.17, 15) is 15.2 Å². The largest absolute Gasteiger partial charge is 0.507 e. The van der Waals surface area contributed by atoms with Crippen molar-refractivity contribution in [3.63, 3.8) is 0 Å². The molecule has 0 atom stereocenters. The van der Waals surface area contributed by atoms with Crippen LogP contribution in [0.15, 0.2) is 34.8 Å². The third-order valence-electron chi connectivity index (χ3n) is 3.19. The lowest BCUT2D eigenvalue weighted by Crippen LogP contribution is -2.01. The van der Waals surface area contributed by atoms with Gasteiger partial charge in [0.1, 0.15) is 5.75 Å². The van der Waals surface area contributed by atoms with Crippen molar-refractivity contribution in [1.82, 2.24) is 0 Å². The van der Waals surface area contributed by atoms with Crippen molar-refractivity contribution < 1.29 is 10.0 Å². The summed E-state index contributed by atoms with van der Waals surface area (Å²) in [4.78, 5) is 10.5. The molecule has 0 heterocycles. The fourth-order valence-corrected chi connectivity index (χ4v) is 2.51. The van der Waals surface area contributed by atoms with Crippen molar-refractivity contribution in [1.29, 1.82) is 0 Å². The lowest BCUT2D eigenvalue weighted by molar-refractivity contribution is -0.385. The van der Waals surface area contributed by atoms with Gasteiger partial charge in [0.05, 0.1) is 9.40 Å². The molecule has 0 aliphatic rings. The number of phenols is 1. The fourth-order valence-electron chi connectivity index (χ4n) is 2.11. The minimum absolute atomic E-state index is 0.0260. The maximum absolute atomic E-state index is 10.9. The Kier molecular flexibility index (Phi) is 4.47. The van der Waals surface area contributed by atoms with Gasteiger partial charge < -0.3 is 10.4 Å². The summed E-state index contributed by atoms with van der Waals surface area (Å²) in [5.41, 5.74) is 3.34. The highest BCUT2D eigenvalue weighted by molar-refractivity contribution is 9.10. The predicted octanol–water partition coefficient (Wildman–Crippen LogP) is 4.29. The molecular formula is C15H15BrN2O3. The summed E-state index contributed by atoms with van der Waals surface area (Å²) < 4.78 is 0.453. The van der Waals surface area contributed by atoms with Crippen molar-refractivity contribution in [2.45, 2.75) is 20.4 Å². The van der Waals surface area contributed by atoms with Crippen LogP contribution < -0.4 is 5.32 Å². The van der Waals surface area contributed by atoms with Crippen molar-refractivity contribution >= 4 is 27.3 Å². The molecule has 0 spiro atoms. The number of nitrogens with one attached hydrogen (secondary N) is 1. The highest BCUT2D eigenvalue weighted by atomic mass is 79.9. The maximum Gasteiger partial charge on any atom is 0.285 e. The zero-order chi connectivity index (χ0) is 15.6. The lowest BCUT2D eigenvalue weighted by Gasteiger charge is -2.10. The van der Waals surface area contributed by atoms with Crippen molar-refractivity contribution in [2.24, 2.45) is 0 Å². The van der Waals surface area contributed by atoms with Crippen LogP contribution in [0.5, 0.6) is 5.75 Å². The summed E-state index contributed by atoms with van der Waals surface area (Å²) in [5.74, 6) is 0.304. The molecule has 2 rings (SSSR count). The number of phenolic OH excluding ortho intramolecular Hbond substituents is 1. The molecule has 0 unspecified atom stereocenters. The first kappa shape index (κ1) is 15.3. The molecule has 0 aliphatic carbocycles. The quantitative estimate of drug-likeness (QED) is 0.636. The number of nitro benzene ring substituents is 1. The van der Waals surface area contributed by atoms with E-state index in [0.717, 1.165) is 16.7 Å². The Bertz CT molecular complexity index is 678. The van der Waals surface area contributed by atoms with E-state index in [0.29, 0.717) is 22.5 Å². The van der Waals surface area contributed by atoms with Crippen molar-refractivity contribution in [2.75, 3.05) is 5.32 Å².